The van der Waals surface area contributed by atoms with E-state index < -0.39 is 6.04 Å². The molecule has 3 N–H and O–H groups in total. The zero-order valence-corrected chi connectivity index (χ0v) is 12.5. The topological polar surface area (TPSA) is 64.3 Å². The first-order valence-corrected chi connectivity index (χ1v) is 6.87. The van der Waals surface area contributed by atoms with Crippen LogP contribution < -0.4 is 15.8 Å². The maximum absolute atomic E-state index is 11.5. The number of carbonyl (C=O) groups is 1. The van der Waals surface area contributed by atoms with E-state index in [1.54, 1.807) is 19.1 Å². The van der Waals surface area contributed by atoms with Crippen LogP contribution in [0.15, 0.2) is 42.5 Å². The normalized spacial score (nSPS) is 11.8. The van der Waals surface area contributed by atoms with Gasteiger partial charge in [-0.15, -0.1) is 0 Å². The van der Waals surface area contributed by atoms with E-state index in [1.807, 2.05) is 38.1 Å². The number of carbonyl (C=O) groups excluding carboxylic acids is 1. The molecule has 0 aliphatic carbocycles. The van der Waals surface area contributed by atoms with Gasteiger partial charge in [0.1, 0.15) is 11.5 Å². The molecule has 21 heavy (non-hydrogen) atoms. The second-order valence-electron chi connectivity index (χ2n) is 5.23. The second-order valence-corrected chi connectivity index (χ2v) is 5.23. The monoisotopic (exact) mass is 284 g/mol. The average Bonchev–Trinajstić information content (AvgIpc) is 2.39. The molecule has 110 valence electrons. The molecule has 2 aromatic carbocycles. The van der Waals surface area contributed by atoms with Crippen LogP contribution in [0.3, 0.4) is 0 Å². The molecule has 0 saturated carbocycles. The Morgan fingerprint density at radius 2 is 1.62 bits per heavy atom. The van der Waals surface area contributed by atoms with Crippen LogP contribution >= 0.6 is 0 Å². The minimum absolute atomic E-state index is 0.210. The van der Waals surface area contributed by atoms with Gasteiger partial charge in [-0.1, -0.05) is 6.07 Å². The lowest BCUT2D eigenvalue weighted by atomic mass is 10.1. The van der Waals surface area contributed by atoms with E-state index >= 15 is 0 Å². The van der Waals surface area contributed by atoms with Crippen LogP contribution in [0.2, 0.25) is 0 Å². The van der Waals surface area contributed by atoms with Crippen LogP contribution in [0, 0.1) is 13.8 Å². The number of rotatable bonds is 4. The van der Waals surface area contributed by atoms with Crippen LogP contribution in [0.25, 0.3) is 0 Å². The highest BCUT2D eigenvalue weighted by molar-refractivity contribution is 5.94. The number of hydrogen-bond donors (Lipinski definition) is 2. The Morgan fingerprint density at radius 1 is 1.05 bits per heavy atom. The van der Waals surface area contributed by atoms with Crippen molar-refractivity contribution < 1.29 is 9.53 Å². The fourth-order valence-electron chi connectivity index (χ4n) is 1.99. The molecule has 4 nitrogen and oxygen atoms in total. The van der Waals surface area contributed by atoms with Gasteiger partial charge in [0, 0.05) is 5.69 Å². The summed E-state index contributed by atoms with van der Waals surface area (Å²) in [5, 5.41) is 2.73. The molecule has 4 heteroatoms. The highest BCUT2D eigenvalue weighted by atomic mass is 16.5. The van der Waals surface area contributed by atoms with Gasteiger partial charge in [0.25, 0.3) is 0 Å². The van der Waals surface area contributed by atoms with Crippen LogP contribution in [0.5, 0.6) is 11.5 Å². The van der Waals surface area contributed by atoms with Gasteiger partial charge in [-0.25, -0.2) is 0 Å². The lowest BCUT2D eigenvalue weighted by Crippen LogP contribution is -2.32. The third-order valence-electron chi connectivity index (χ3n) is 2.97. The predicted octanol–water partition coefficient (Wildman–Crippen LogP) is 3.38. The second kappa shape index (κ2) is 6.41. The molecule has 0 fully saturated rings. The Hall–Kier alpha value is -2.33. The van der Waals surface area contributed by atoms with Gasteiger partial charge in [-0.05, 0) is 68.3 Å². The molecule has 1 amide bonds. The summed E-state index contributed by atoms with van der Waals surface area (Å²) in [5.74, 6) is 1.32. The van der Waals surface area contributed by atoms with E-state index in [2.05, 4.69) is 11.4 Å². The van der Waals surface area contributed by atoms with E-state index in [0.717, 1.165) is 22.6 Å². The Bertz CT molecular complexity index is 613. The summed E-state index contributed by atoms with van der Waals surface area (Å²) in [5.41, 5.74) is 8.52. The molecular weight excluding hydrogens is 264 g/mol. The van der Waals surface area contributed by atoms with Crippen molar-refractivity contribution in [3.05, 3.63) is 53.6 Å². The number of ether oxygens (including phenoxy) is 1. The first kappa shape index (κ1) is 15.1. The Balaban J connectivity index is 2.07. The summed E-state index contributed by atoms with van der Waals surface area (Å²) in [6, 6.07) is 12.7. The lowest BCUT2D eigenvalue weighted by Gasteiger charge is -2.10. The van der Waals surface area contributed by atoms with Crippen molar-refractivity contribution in [2.75, 3.05) is 5.32 Å². The van der Waals surface area contributed by atoms with Gasteiger partial charge in [0.2, 0.25) is 5.91 Å². The molecule has 0 saturated heterocycles. The molecule has 0 heterocycles. The highest BCUT2D eigenvalue weighted by Crippen LogP contribution is 2.25. The average molecular weight is 284 g/mol. The number of anilines is 1. The van der Waals surface area contributed by atoms with Crippen molar-refractivity contribution in [1.82, 2.24) is 0 Å². The van der Waals surface area contributed by atoms with E-state index in [0.29, 0.717) is 5.69 Å². The van der Waals surface area contributed by atoms with Crippen LogP contribution in [0.1, 0.15) is 18.1 Å². The number of amides is 1. The minimum atomic E-state index is -0.531. The van der Waals surface area contributed by atoms with Crippen LogP contribution in [-0.2, 0) is 4.79 Å². The third kappa shape index (κ3) is 4.33. The standard InChI is InChI=1S/C17H20N2O2/c1-11-8-12(2)10-16(9-11)21-15-6-4-14(5-7-15)19-17(20)13(3)18/h4-10,13H,18H2,1-3H3,(H,19,20). The van der Waals surface area contributed by atoms with E-state index in [1.165, 1.54) is 0 Å². The Kier molecular flexibility index (Phi) is 4.60. The third-order valence-corrected chi connectivity index (χ3v) is 2.97. The van der Waals surface area contributed by atoms with Crippen molar-refractivity contribution in [2.24, 2.45) is 5.73 Å². The van der Waals surface area contributed by atoms with Gasteiger partial charge in [0.05, 0.1) is 6.04 Å². The van der Waals surface area contributed by atoms with Gasteiger partial charge < -0.3 is 15.8 Å². The molecular formula is C17H20N2O2. The number of aryl methyl sites for hydroxylation is 2. The first-order valence-electron chi connectivity index (χ1n) is 6.87. The molecule has 0 spiro atoms. The lowest BCUT2D eigenvalue weighted by molar-refractivity contribution is -0.117. The largest absolute Gasteiger partial charge is 0.457 e. The Morgan fingerprint density at radius 3 is 2.14 bits per heavy atom. The number of hydrogen-bond acceptors (Lipinski definition) is 3. The maximum atomic E-state index is 11.5. The number of nitrogens with two attached hydrogens (primary N) is 1. The van der Waals surface area contributed by atoms with Crippen molar-refractivity contribution in [3.8, 4) is 11.5 Å². The van der Waals surface area contributed by atoms with Crippen LogP contribution in [-0.4, -0.2) is 11.9 Å². The van der Waals surface area contributed by atoms with E-state index in [9.17, 15) is 4.79 Å². The van der Waals surface area contributed by atoms with Gasteiger partial charge in [-0.3, -0.25) is 4.79 Å². The molecule has 1 unspecified atom stereocenters. The fourth-order valence-corrected chi connectivity index (χ4v) is 1.99. The number of nitrogens with one attached hydrogen (secondary N) is 1. The van der Waals surface area contributed by atoms with Crippen molar-refractivity contribution in [1.29, 1.82) is 0 Å². The summed E-state index contributed by atoms with van der Waals surface area (Å²) in [6.45, 7) is 5.71. The van der Waals surface area contributed by atoms with Crippen molar-refractivity contribution in [3.63, 3.8) is 0 Å². The Labute approximate surface area is 124 Å². The summed E-state index contributed by atoms with van der Waals surface area (Å²) in [4.78, 5) is 11.5. The van der Waals surface area contributed by atoms with Gasteiger partial charge in [-0.2, -0.15) is 0 Å². The summed E-state index contributed by atoms with van der Waals surface area (Å²) in [6.07, 6.45) is 0. The zero-order chi connectivity index (χ0) is 15.4. The van der Waals surface area contributed by atoms with E-state index in [4.69, 9.17) is 10.5 Å². The smallest absolute Gasteiger partial charge is 0.240 e. The van der Waals surface area contributed by atoms with Crippen molar-refractivity contribution in [2.45, 2.75) is 26.8 Å². The van der Waals surface area contributed by atoms with Crippen molar-refractivity contribution >= 4 is 11.6 Å². The summed E-state index contributed by atoms with van der Waals surface area (Å²) < 4.78 is 5.81. The zero-order valence-electron chi connectivity index (χ0n) is 12.5. The summed E-state index contributed by atoms with van der Waals surface area (Å²) in [7, 11) is 0. The SMILES string of the molecule is Cc1cc(C)cc(Oc2ccc(NC(=O)C(C)N)cc2)c1. The highest BCUT2D eigenvalue weighted by Gasteiger charge is 2.07. The van der Waals surface area contributed by atoms with E-state index in [-0.39, 0.29) is 5.91 Å². The molecule has 2 aromatic rings. The van der Waals surface area contributed by atoms with Gasteiger partial charge in [0.15, 0.2) is 0 Å². The molecule has 0 aliphatic rings. The minimum Gasteiger partial charge on any atom is -0.457 e. The van der Waals surface area contributed by atoms with Crippen LogP contribution in [0.4, 0.5) is 5.69 Å². The number of benzene rings is 2. The molecule has 2 rings (SSSR count). The van der Waals surface area contributed by atoms with Gasteiger partial charge >= 0.3 is 0 Å². The molecule has 0 radical (unpaired) electrons. The molecule has 0 aliphatic heterocycles. The quantitative estimate of drug-likeness (QED) is 0.904. The first-order chi connectivity index (χ1) is 9.94. The summed E-state index contributed by atoms with van der Waals surface area (Å²) >= 11 is 0. The fraction of sp³-hybridized carbons (Fsp3) is 0.235. The molecule has 0 aromatic heterocycles. The predicted molar refractivity (Wildman–Crippen MR) is 84.7 cm³/mol. The maximum Gasteiger partial charge on any atom is 0.240 e. The molecule has 1 atom stereocenters. The molecule has 0 bridgehead atoms.